The summed E-state index contributed by atoms with van der Waals surface area (Å²) >= 11 is -0.826. The fourth-order valence-corrected chi connectivity index (χ4v) is 3.55. The van der Waals surface area contributed by atoms with Crippen LogP contribution in [0.25, 0.3) is 21.9 Å². The first-order chi connectivity index (χ1) is 12.3. The van der Waals surface area contributed by atoms with Gasteiger partial charge in [-0.1, -0.05) is 69.5 Å². The van der Waals surface area contributed by atoms with Crippen LogP contribution in [0.3, 0.4) is 0 Å². The van der Waals surface area contributed by atoms with E-state index < -0.39 is 20.8 Å². The van der Waals surface area contributed by atoms with Gasteiger partial charge in [0, 0.05) is 0 Å². The van der Waals surface area contributed by atoms with E-state index >= 15 is 0 Å². The van der Waals surface area contributed by atoms with Gasteiger partial charge in [0.15, 0.2) is 0 Å². The Morgan fingerprint density at radius 2 is 1.69 bits per heavy atom. The van der Waals surface area contributed by atoms with Crippen molar-refractivity contribution >= 4 is 27.8 Å². The molecule has 3 aromatic rings. The van der Waals surface area contributed by atoms with Crippen LogP contribution in [-0.4, -0.2) is 0 Å². The van der Waals surface area contributed by atoms with Crippen molar-refractivity contribution < 1.29 is 20.8 Å². The van der Waals surface area contributed by atoms with Crippen LogP contribution < -0.4 is 0 Å². The average molecular weight is 466 g/mol. The Balaban J connectivity index is 0.000000758. The van der Waals surface area contributed by atoms with Crippen molar-refractivity contribution in [2.45, 2.75) is 52.9 Å². The Morgan fingerprint density at radius 1 is 1.04 bits per heavy atom. The first kappa shape index (κ1) is 21.8. The molecule has 0 spiro atoms. The number of benzene rings is 2. The van der Waals surface area contributed by atoms with Crippen LogP contribution in [0.1, 0.15) is 50.8 Å². The molecule has 138 valence electrons. The van der Waals surface area contributed by atoms with Gasteiger partial charge in [-0.05, 0) is 29.9 Å². The van der Waals surface area contributed by atoms with Gasteiger partial charge in [-0.3, -0.25) is 0 Å². The zero-order valence-electron chi connectivity index (χ0n) is 16.3. The van der Waals surface area contributed by atoms with E-state index in [0.717, 1.165) is 6.42 Å². The van der Waals surface area contributed by atoms with Gasteiger partial charge in [-0.25, -0.2) is 0 Å². The van der Waals surface area contributed by atoms with Crippen molar-refractivity contribution in [3.63, 3.8) is 0 Å². The predicted molar refractivity (Wildman–Crippen MR) is 114 cm³/mol. The Labute approximate surface area is 176 Å². The fourth-order valence-electron chi connectivity index (χ4n) is 3.55. The molecule has 0 aromatic heterocycles. The van der Waals surface area contributed by atoms with Crippen molar-refractivity contribution in [1.82, 2.24) is 0 Å². The zero-order valence-corrected chi connectivity index (χ0v) is 20.3. The third-order valence-corrected chi connectivity index (χ3v) is 4.71. The average Bonchev–Trinajstić information content (AvgIpc) is 2.97. The SMILES string of the molecule is CCCc1cc2c(-c3ccccc3C)c(C(C)(C)C)ccc2[cH-]1.[Cl][Zr][Cl]. The van der Waals surface area contributed by atoms with E-state index in [1.807, 2.05) is 0 Å². The standard InChI is InChI=1S/C23H27.2ClH.Zr/c1-6-9-17-14-18-12-13-21(23(3,4)5)22(20(18)15-17)19-11-8-7-10-16(19)2;;;/h7-8,10-15H,6,9H2,1-5H3;2*1H;/q-1;;;+2/p-2. The van der Waals surface area contributed by atoms with Crippen LogP contribution >= 0.6 is 17.0 Å². The topological polar surface area (TPSA) is 0 Å². The summed E-state index contributed by atoms with van der Waals surface area (Å²) in [6.45, 7) is 11.4. The molecule has 0 amide bonds. The van der Waals surface area contributed by atoms with Crippen molar-refractivity contribution in [2.75, 3.05) is 0 Å². The summed E-state index contributed by atoms with van der Waals surface area (Å²) < 4.78 is 0. The molecule has 0 unspecified atom stereocenters. The third kappa shape index (κ3) is 5.06. The summed E-state index contributed by atoms with van der Waals surface area (Å²) in [5.41, 5.74) is 7.18. The maximum absolute atomic E-state index is 4.93. The van der Waals surface area contributed by atoms with Gasteiger partial charge in [0.05, 0.1) is 0 Å². The number of rotatable bonds is 3. The molecule has 0 bridgehead atoms. The Kier molecular flexibility index (Phi) is 8.08. The van der Waals surface area contributed by atoms with E-state index in [9.17, 15) is 0 Å². The number of hydrogen-bond donors (Lipinski definition) is 0. The molecule has 26 heavy (non-hydrogen) atoms. The first-order valence-electron chi connectivity index (χ1n) is 9.08. The molecule has 0 nitrogen and oxygen atoms in total. The fraction of sp³-hybridized carbons (Fsp3) is 0.348. The zero-order chi connectivity index (χ0) is 19.3. The van der Waals surface area contributed by atoms with E-state index in [0.29, 0.717) is 0 Å². The third-order valence-electron chi connectivity index (χ3n) is 4.71. The van der Waals surface area contributed by atoms with Gasteiger partial charge in [-0.2, -0.15) is 6.07 Å². The van der Waals surface area contributed by atoms with E-state index in [2.05, 4.69) is 83.1 Å². The van der Waals surface area contributed by atoms with Crippen LogP contribution in [0.5, 0.6) is 0 Å². The molecule has 0 radical (unpaired) electrons. The normalized spacial score (nSPS) is 11.2. The summed E-state index contributed by atoms with van der Waals surface area (Å²) in [5.74, 6) is 0. The van der Waals surface area contributed by atoms with Crippen molar-refractivity contribution in [1.29, 1.82) is 0 Å². The van der Waals surface area contributed by atoms with E-state index in [4.69, 9.17) is 17.0 Å². The molecule has 0 aliphatic carbocycles. The van der Waals surface area contributed by atoms with Gasteiger partial charge >= 0.3 is 37.9 Å². The predicted octanol–water partition coefficient (Wildman–Crippen LogP) is 8.16. The summed E-state index contributed by atoms with van der Waals surface area (Å²) in [6.07, 6.45) is 2.36. The second-order valence-corrected chi connectivity index (χ2v) is 11.5. The molecule has 0 saturated carbocycles. The Hall–Kier alpha value is -0.487. The van der Waals surface area contributed by atoms with Gasteiger partial charge in [0.2, 0.25) is 0 Å². The van der Waals surface area contributed by atoms with Gasteiger partial charge < -0.3 is 0 Å². The van der Waals surface area contributed by atoms with E-state index in [-0.39, 0.29) is 5.41 Å². The number of aryl methyl sites for hydroxylation is 2. The molecule has 0 aliphatic rings. The summed E-state index contributed by atoms with van der Waals surface area (Å²) in [4.78, 5) is 0. The van der Waals surface area contributed by atoms with E-state index in [1.54, 1.807) is 0 Å². The minimum atomic E-state index is -0.826. The molecule has 0 aliphatic heterocycles. The molecule has 0 atom stereocenters. The van der Waals surface area contributed by atoms with Crippen molar-refractivity contribution in [3.8, 4) is 11.1 Å². The molecule has 3 rings (SSSR count). The molecule has 0 saturated heterocycles. The van der Waals surface area contributed by atoms with Crippen LogP contribution in [0.2, 0.25) is 0 Å². The number of hydrogen-bond acceptors (Lipinski definition) is 0. The molecule has 0 heterocycles. The Morgan fingerprint density at radius 3 is 2.27 bits per heavy atom. The van der Waals surface area contributed by atoms with Crippen LogP contribution in [0.4, 0.5) is 0 Å². The van der Waals surface area contributed by atoms with E-state index in [1.165, 1.54) is 45.0 Å². The van der Waals surface area contributed by atoms with Crippen molar-refractivity contribution in [2.24, 2.45) is 0 Å². The summed E-state index contributed by atoms with van der Waals surface area (Å²) in [7, 11) is 9.87. The van der Waals surface area contributed by atoms with Gasteiger partial charge in [0.1, 0.15) is 0 Å². The van der Waals surface area contributed by atoms with Crippen LogP contribution in [-0.2, 0) is 32.7 Å². The van der Waals surface area contributed by atoms with Crippen LogP contribution in [0.15, 0.2) is 48.5 Å². The summed E-state index contributed by atoms with van der Waals surface area (Å²) in [5, 5.41) is 2.79. The molecule has 0 N–H and O–H groups in total. The molecule has 3 heteroatoms. The first-order valence-corrected chi connectivity index (χ1v) is 15.4. The van der Waals surface area contributed by atoms with Gasteiger partial charge in [0.25, 0.3) is 0 Å². The van der Waals surface area contributed by atoms with Crippen LogP contribution in [0, 0.1) is 6.92 Å². The minimum absolute atomic E-state index is 0.133. The Bertz CT molecular complexity index is 856. The van der Waals surface area contributed by atoms with Crippen molar-refractivity contribution in [3.05, 3.63) is 65.2 Å². The molecule has 3 aromatic carbocycles. The maximum atomic E-state index is 4.93. The second kappa shape index (κ2) is 9.63. The number of fused-ring (bicyclic) bond motifs is 1. The molecule has 0 fully saturated rings. The number of halogens is 2. The quantitative estimate of drug-likeness (QED) is 0.342. The molecular weight excluding hydrogens is 438 g/mol. The van der Waals surface area contributed by atoms with Gasteiger partial charge in [-0.15, -0.1) is 34.5 Å². The second-order valence-electron chi connectivity index (χ2n) is 7.74. The monoisotopic (exact) mass is 463 g/mol. The molecular formula is C23H27Cl2Zr-. The summed E-state index contributed by atoms with van der Waals surface area (Å²) in [6, 6.07) is 18.2.